The standard InChI is InChI=1S/C19H25N/c1-4-14-7-9-17(10-8-14)19(20)18-12-11-15(5-2)16(6-3)13-18/h7-13,19H,4-6,20H2,1-3H3. The summed E-state index contributed by atoms with van der Waals surface area (Å²) in [5.74, 6) is 0. The predicted molar refractivity (Wildman–Crippen MR) is 87.0 cm³/mol. The van der Waals surface area contributed by atoms with Gasteiger partial charge in [-0.1, -0.05) is 63.2 Å². The van der Waals surface area contributed by atoms with E-state index >= 15 is 0 Å². The van der Waals surface area contributed by atoms with Crippen LogP contribution in [0.1, 0.15) is 54.6 Å². The Labute approximate surface area is 122 Å². The zero-order valence-electron chi connectivity index (χ0n) is 12.8. The van der Waals surface area contributed by atoms with Gasteiger partial charge in [0.2, 0.25) is 0 Å². The van der Waals surface area contributed by atoms with Crippen LogP contribution < -0.4 is 5.73 Å². The molecule has 20 heavy (non-hydrogen) atoms. The number of benzene rings is 2. The maximum Gasteiger partial charge on any atom is 0.0551 e. The number of rotatable bonds is 5. The first-order chi connectivity index (χ1) is 9.69. The van der Waals surface area contributed by atoms with Crippen molar-refractivity contribution in [3.8, 4) is 0 Å². The van der Waals surface area contributed by atoms with Gasteiger partial charge in [-0.3, -0.25) is 0 Å². The van der Waals surface area contributed by atoms with E-state index in [1.165, 1.54) is 27.8 Å². The molecule has 0 amide bonds. The summed E-state index contributed by atoms with van der Waals surface area (Å²) in [6.45, 7) is 6.59. The molecular weight excluding hydrogens is 242 g/mol. The molecule has 1 heteroatoms. The lowest BCUT2D eigenvalue weighted by atomic mass is 9.93. The molecule has 1 atom stereocenters. The van der Waals surface area contributed by atoms with E-state index in [0.717, 1.165) is 19.3 Å². The van der Waals surface area contributed by atoms with Crippen LogP contribution in [0, 0.1) is 0 Å². The molecule has 2 rings (SSSR count). The van der Waals surface area contributed by atoms with Crippen LogP contribution in [-0.4, -0.2) is 0 Å². The molecule has 0 saturated heterocycles. The highest BCUT2D eigenvalue weighted by molar-refractivity contribution is 5.38. The Hall–Kier alpha value is -1.60. The van der Waals surface area contributed by atoms with Gasteiger partial charge in [0.25, 0.3) is 0 Å². The maximum absolute atomic E-state index is 6.42. The van der Waals surface area contributed by atoms with Crippen LogP contribution in [0.5, 0.6) is 0 Å². The predicted octanol–water partition coefficient (Wildman–Crippen LogP) is 4.42. The van der Waals surface area contributed by atoms with E-state index in [-0.39, 0.29) is 6.04 Å². The van der Waals surface area contributed by atoms with Crippen molar-refractivity contribution in [3.05, 3.63) is 70.3 Å². The maximum atomic E-state index is 6.42. The molecule has 0 saturated carbocycles. The summed E-state index contributed by atoms with van der Waals surface area (Å²) in [7, 11) is 0. The topological polar surface area (TPSA) is 26.0 Å². The molecular formula is C19H25N. The third-order valence-electron chi connectivity index (χ3n) is 4.10. The van der Waals surface area contributed by atoms with Gasteiger partial charge in [0.1, 0.15) is 0 Å². The highest BCUT2D eigenvalue weighted by Gasteiger charge is 2.10. The van der Waals surface area contributed by atoms with Crippen molar-refractivity contribution >= 4 is 0 Å². The molecule has 0 aliphatic carbocycles. The van der Waals surface area contributed by atoms with Crippen molar-refractivity contribution in [2.75, 3.05) is 0 Å². The SMILES string of the molecule is CCc1ccc(C(N)c2ccc(CC)c(CC)c2)cc1. The summed E-state index contributed by atoms with van der Waals surface area (Å²) in [6, 6.07) is 15.3. The molecule has 0 aromatic heterocycles. The zero-order chi connectivity index (χ0) is 14.5. The fourth-order valence-corrected chi connectivity index (χ4v) is 2.67. The van der Waals surface area contributed by atoms with Gasteiger partial charge < -0.3 is 5.73 Å². The summed E-state index contributed by atoms with van der Waals surface area (Å²) in [4.78, 5) is 0. The van der Waals surface area contributed by atoms with Crippen LogP contribution in [0.2, 0.25) is 0 Å². The van der Waals surface area contributed by atoms with Crippen molar-refractivity contribution < 1.29 is 0 Å². The van der Waals surface area contributed by atoms with Gasteiger partial charge in [-0.25, -0.2) is 0 Å². The van der Waals surface area contributed by atoms with Crippen LogP contribution >= 0.6 is 0 Å². The van der Waals surface area contributed by atoms with E-state index in [2.05, 4.69) is 63.2 Å². The van der Waals surface area contributed by atoms with Gasteiger partial charge >= 0.3 is 0 Å². The number of hydrogen-bond acceptors (Lipinski definition) is 1. The van der Waals surface area contributed by atoms with Gasteiger partial charge in [0, 0.05) is 0 Å². The van der Waals surface area contributed by atoms with Crippen molar-refractivity contribution in [1.29, 1.82) is 0 Å². The smallest absolute Gasteiger partial charge is 0.0551 e. The normalized spacial score (nSPS) is 12.4. The molecule has 0 spiro atoms. The van der Waals surface area contributed by atoms with Crippen LogP contribution in [0.25, 0.3) is 0 Å². The highest BCUT2D eigenvalue weighted by atomic mass is 14.6. The summed E-state index contributed by atoms with van der Waals surface area (Å²) in [5.41, 5.74) is 13.0. The Morgan fingerprint density at radius 2 is 1.35 bits per heavy atom. The van der Waals surface area contributed by atoms with Gasteiger partial charge in [-0.15, -0.1) is 0 Å². The molecule has 0 fully saturated rings. The molecule has 106 valence electrons. The molecule has 0 aliphatic rings. The average Bonchev–Trinajstić information content (AvgIpc) is 2.53. The van der Waals surface area contributed by atoms with Gasteiger partial charge in [-0.2, -0.15) is 0 Å². The first kappa shape index (κ1) is 14.8. The first-order valence-electron chi connectivity index (χ1n) is 7.65. The Morgan fingerprint density at radius 3 is 1.90 bits per heavy atom. The average molecular weight is 267 g/mol. The third-order valence-corrected chi connectivity index (χ3v) is 4.10. The molecule has 2 N–H and O–H groups in total. The Kier molecular flexibility index (Phi) is 4.97. The van der Waals surface area contributed by atoms with Crippen molar-refractivity contribution in [2.24, 2.45) is 5.73 Å². The van der Waals surface area contributed by atoms with E-state index in [0.29, 0.717) is 0 Å². The summed E-state index contributed by atoms with van der Waals surface area (Å²) >= 11 is 0. The number of hydrogen-bond donors (Lipinski definition) is 1. The molecule has 0 bridgehead atoms. The lowest BCUT2D eigenvalue weighted by Crippen LogP contribution is -2.12. The zero-order valence-corrected chi connectivity index (χ0v) is 12.8. The van der Waals surface area contributed by atoms with E-state index in [1.807, 2.05) is 0 Å². The van der Waals surface area contributed by atoms with Gasteiger partial charge in [-0.05, 0) is 47.1 Å². The molecule has 0 heterocycles. The number of nitrogens with two attached hydrogens (primary N) is 1. The van der Waals surface area contributed by atoms with Crippen molar-refractivity contribution in [1.82, 2.24) is 0 Å². The van der Waals surface area contributed by atoms with E-state index in [9.17, 15) is 0 Å². The number of aryl methyl sites for hydroxylation is 3. The minimum absolute atomic E-state index is 0.0305. The quantitative estimate of drug-likeness (QED) is 0.852. The Morgan fingerprint density at radius 1 is 0.750 bits per heavy atom. The van der Waals surface area contributed by atoms with Gasteiger partial charge in [0.15, 0.2) is 0 Å². The van der Waals surface area contributed by atoms with Crippen LogP contribution in [0.15, 0.2) is 42.5 Å². The minimum atomic E-state index is -0.0305. The summed E-state index contributed by atoms with van der Waals surface area (Å²) in [5, 5.41) is 0. The third kappa shape index (κ3) is 3.10. The largest absolute Gasteiger partial charge is 0.320 e. The second-order valence-electron chi connectivity index (χ2n) is 5.31. The molecule has 1 unspecified atom stereocenters. The monoisotopic (exact) mass is 267 g/mol. The fraction of sp³-hybridized carbons (Fsp3) is 0.368. The molecule has 2 aromatic carbocycles. The molecule has 0 aliphatic heterocycles. The lowest BCUT2D eigenvalue weighted by Gasteiger charge is -2.16. The molecule has 1 nitrogen and oxygen atoms in total. The van der Waals surface area contributed by atoms with Crippen LogP contribution in [0.4, 0.5) is 0 Å². The second-order valence-corrected chi connectivity index (χ2v) is 5.31. The van der Waals surface area contributed by atoms with Crippen LogP contribution in [-0.2, 0) is 19.3 Å². The van der Waals surface area contributed by atoms with Crippen LogP contribution in [0.3, 0.4) is 0 Å². The minimum Gasteiger partial charge on any atom is -0.320 e. The second kappa shape index (κ2) is 6.71. The highest BCUT2D eigenvalue weighted by Crippen LogP contribution is 2.23. The molecule has 0 radical (unpaired) electrons. The lowest BCUT2D eigenvalue weighted by molar-refractivity contribution is 0.861. The summed E-state index contributed by atoms with van der Waals surface area (Å²) < 4.78 is 0. The first-order valence-corrected chi connectivity index (χ1v) is 7.65. The van der Waals surface area contributed by atoms with Crippen molar-refractivity contribution in [3.63, 3.8) is 0 Å². The van der Waals surface area contributed by atoms with E-state index in [4.69, 9.17) is 5.73 Å². The van der Waals surface area contributed by atoms with Gasteiger partial charge in [0.05, 0.1) is 6.04 Å². The van der Waals surface area contributed by atoms with E-state index < -0.39 is 0 Å². The fourth-order valence-electron chi connectivity index (χ4n) is 2.67. The molecule has 2 aromatic rings. The Balaban J connectivity index is 2.29. The van der Waals surface area contributed by atoms with E-state index in [1.54, 1.807) is 0 Å². The summed E-state index contributed by atoms with van der Waals surface area (Å²) in [6.07, 6.45) is 3.23. The van der Waals surface area contributed by atoms with Crippen molar-refractivity contribution in [2.45, 2.75) is 46.1 Å². The Bertz CT molecular complexity index is 554.